The van der Waals surface area contributed by atoms with E-state index in [0.29, 0.717) is 5.56 Å². The van der Waals surface area contributed by atoms with E-state index in [-0.39, 0.29) is 5.41 Å². The molecule has 36 heavy (non-hydrogen) atoms. The minimum Gasteiger partial charge on any atom is -0.479 e. The number of anilines is 1. The Morgan fingerprint density at radius 3 is 2.22 bits per heavy atom. The number of benzene rings is 1. The van der Waals surface area contributed by atoms with Crippen LogP contribution in [0.15, 0.2) is 24.3 Å². The zero-order valence-corrected chi connectivity index (χ0v) is 23.7. The Labute approximate surface area is 218 Å². The summed E-state index contributed by atoms with van der Waals surface area (Å²) in [4.78, 5) is 19.9. The van der Waals surface area contributed by atoms with E-state index in [1.165, 1.54) is 24.8 Å². The number of hydrogen-bond acceptors (Lipinski definition) is 4. The largest absolute Gasteiger partial charge is 0.479 e. The van der Waals surface area contributed by atoms with Crippen LogP contribution in [0.25, 0.3) is 11.1 Å². The molecule has 1 aliphatic heterocycles. The summed E-state index contributed by atoms with van der Waals surface area (Å²) in [7, 11) is 0. The SMILES string of the molecule is CCCCCc1ccc(-c2c(C)nc(C)c(C(OC(C)(C)C)C(=O)O)c2N2CCC(C)(C)CC2)cc1. The lowest BCUT2D eigenvalue weighted by Gasteiger charge is -2.41. The highest BCUT2D eigenvalue weighted by Gasteiger charge is 2.36. The van der Waals surface area contributed by atoms with Crippen LogP contribution in [0.1, 0.15) is 102 Å². The maximum Gasteiger partial charge on any atom is 0.337 e. The van der Waals surface area contributed by atoms with Gasteiger partial charge in [-0.05, 0) is 76.8 Å². The van der Waals surface area contributed by atoms with E-state index in [1.54, 1.807) is 0 Å². The van der Waals surface area contributed by atoms with Gasteiger partial charge in [0, 0.05) is 35.6 Å². The lowest BCUT2D eigenvalue weighted by Crippen LogP contribution is -2.39. The molecule has 1 atom stereocenters. The van der Waals surface area contributed by atoms with Crippen molar-refractivity contribution in [2.24, 2.45) is 5.41 Å². The van der Waals surface area contributed by atoms with Crippen LogP contribution in [0, 0.1) is 19.3 Å². The summed E-state index contributed by atoms with van der Waals surface area (Å²) in [6, 6.07) is 8.80. The highest BCUT2D eigenvalue weighted by molar-refractivity contribution is 5.88. The number of nitrogens with zero attached hydrogens (tertiary/aromatic N) is 2. The van der Waals surface area contributed by atoms with Gasteiger partial charge < -0.3 is 14.7 Å². The highest BCUT2D eigenvalue weighted by atomic mass is 16.5. The van der Waals surface area contributed by atoms with Gasteiger partial charge in [-0.1, -0.05) is 57.9 Å². The molecule has 1 aliphatic rings. The number of ether oxygens (including phenoxy) is 1. The maximum atomic E-state index is 12.6. The van der Waals surface area contributed by atoms with Crippen LogP contribution in [0.2, 0.25) is 0 Å². The predicted molar refractivity (Wildman–Crippen MR) is 149 cm³/mol. The van der Waals surface area contributed by atoms with Gasteiger partial charge in [-0.25, -0.2) is 4.79 Å². The molecule has 1 saturated heterocycles. The average molecular weight is 495 g/mol. The minimum atomic E-state index is -1.09. The number of carboxylic acid groups (broad SMARTS) is 1. The van der Waals surface area contributed by atoms with Crippen molar-refractivity contribution in [1.29, 1.82) is 0 Å². The molecule has 0 bridgehead atoms. The molecule has 1 fully saturated rings. The molecule has 5 heteroatoms. The Kier molecular flexibility index (Phi) is 8.87. The molecular formula is C31H46N2O3. The standard InChI is InChI=1S/C31H46N2O3/c1-9-10-11-12-23-13-15-24(16-14-23)25-21(2)32-22(3)26(28(29(34)35)36-30(4,5)6)27(25)33-19-17-31(7,8)18-20-33/h13-16,28H,9-12,17-20H2,1-8H3,(H,34,35). The molecule has 198 valence electrons. The van der Waals surface area contributed by atoms with Crippen LogP contribution in [0.3, 0.4) is 0 Å². The molecule has 1 unspecified atom stereocenters. The van der Waals surface area contributed by atoms with Crippen molar-refractivity contribution in [1.82, 2.24) is 4.98 Å². The fraction of sp³-hybridized carbons (Fsp3) is 0.613. The first-order valence-corrected chi connectivity index (χ1v) is 13.6. The molecule has 0 spiro atoms. The molecule has 1 aromatic heterocycles. The van der Waals surface area contributed by atoms with Crippen LogP contribution < -0.4 is 4.90 Å². The Balaban J connectivity index is 2.18. The van der Waals surface area contributed by atoms with Gasteiger partial charge in [0.15, 0.2) is 6.10 Å². The van der Waals surface area contributed by atoms with E-state index in [1.807, 2.05) is 34.6 Å². The normalized spacial score (nSPS) is 16.7. The van der Waals surface area contributed by atoms with E-state index in [2.05, 4.69) is 49.9 Å². The number of pyridine rings is 1. The Morgan fingerprint density at radius 2 is 1.69 bits per heavy atom. The molecular weight excluding hydrogens is 448 g/mol. The molecule has 2 aromatic rings. The van der Waals surface area contributed by atoms with Crippen molar-refractivity contribution in [2.45, 2.75) is 106 Å². The third-order valence-electron chi connectivity index (χ3n) is 7.28. The number of carboxylic acids is 1. The molecule has 3 rings (SSSR count). The summed E-state index contributed by atoms with van der Waals surface area (Å²) in [6.45, 7) is 18.3. The quantitative estimate of drug-likeness (QED) is 0.362. The monoisotopic (exact) mass is 494 g/mol. The van der Waals surface area contributed by atoms with E-state index in [9.17, 15) is 9.90 Å². The molecule has 0 aliphatic carbocycles. The number of carbonyl (C=O) groups is 1. The molecule has 1 aromatic carbocycles. The van der Waals surface area contributed by atoms with Crippen molar-refractivity contribution in [3.63, 3.8) is 0 Å². The third-order valence-corrected chi connectivity index (χ3v) is 7.28. The Hall–Kier alpha value is -2.40. The second-order valence-corrected chi connectivity index (χ2v) is 12.2. The number of aliphatic carboxylic acids is 1. The second-order valence-electron chi connectivity index (χ2n) is 12.2. The van der Waals surface area contributed by atoms with Crippen molar-refractivity contribution in [3.05, 3.63) is 46.8 Å². The zero-order chi connectivity index (χ0) is 26.7. The number of unbranched alkanes of at least 4 members (excludes halogenated alkanes) is 2. The van der Waals surface area contributed by atoms with E-state index >= 15 is 0 Å². The Bertz CT molecular complexity index is 1040. The van der Waals surface area contributed by atoms with E-state index < -0.39 is 17.7 Å². The van der Waals surface area contributed by atoms with Crippen LogP contribution in [0.4, 0.5) is 5.69 Å². The smallest absolute Gasteiger partial charge is 0.337 e. The predicted octanol–water partition coefficient (Wildman–Crippen LogP) is 7.67. The zero-order valence-electron chi connectivity index (χ0n) is 23.7. The summed E-state index contributed by atoms with van der Waals surface area (Å²) >= 11 is 0. The van der Waals surface area contributed by atoms with Gasteiger partial charge in [0.2, 0.25) is 0 Å². The van der Waals surface area contributed by atoms with Crippen molar-refractivity contribution in [2.75, 3.05) is 18.0 Å². The molecule has 0 radical (unpaired) electrons. The summed E-state index contributed by atoms with van der Waals surface area (Å²) in [5.74, 6) is -0.977. The van der Waals surface area contributed by atoms with Crippen LogP contribution in [-0.4, -0.2) is 34.8 Å². The van der Waals surface area contributed by atoms with Crippen LogP contribution in [-0.2, 0) is 16.0 Å². The lowest BCUT2D eigenvalue weighted by molar-refractivity contribution is -0.160. The molecule has 0 saturated carbocycles. The number of aromatic nitrogens is 1. The Morgan fingerprint density at radius 1 is 1.08 bits per heavy atom. The topological polar surface area (TPSA) is 62.7 Å². The first-order chi connectivity index (χ1) is 16.8. The van der Waals surface area contributed by atoms with Crippen LogP contribution in [0.5, 0.6) is 0 Å². The highest BCUT2D eigenvalue weighted by Crippen LogP contribution is 2.44. The minimum absolute atomic E-state index is 0.280. The summed E-state index contributed by atoms with van der Waals surface area (Å²) in [5, 5.41) is 10.3. The maximum absolute atomic E-state index is 12.6. The van der Waals surface area contributed by atoms with Gasteiger partial charge in [0.1, 0.15) is 0 Å². The van der Waals surface area contributed by atoms with Gasteiger partial charge in [-0.2, -0.15) is 0 Å². The first-order valence-electron chi connectivity index (χ1n) is 13.6. The lowest BCUT2D eigenvalue weighted by atomic mass is 9.81. The van der Waals surface area contributed by atoms with Gasteiger partial charge in [0.05, 0.1) is 11.3 Å². The third kappa shape index (κ3) is 6.88. The average Bonchev–Trinajstić information content (AvgIpc) is 2.78. The number of aryl methyl sites for hydroxylation is 3. The van der Waals surface area contributed by atoms with Crippen LogP contribution >= 0.6 is 0 Å². The van der Waals surface area contributed by atoms with Gasteiger partial charge in [0.25, 0.3) is 0 Å². The number of rotatable bonds is 9. The summed E-state index contributed by atoms with van der Waals surface area (Å²) in [5.41, 5.74) is 6.43. The molecule has 5 nitrogen and oxygen atoms in total. The summed E-state index contributed by atoms with van der Waals surface area (Å²) < 4.78 is 6.18. The number of piperidine rings is 1. The van der Waals surface area contributed by atoms with Crippen molar-refractivity contribution in [3.8, 4) is 11.1 Å². The van der Waals surface area contributed by atoms with E-state index in [4.69, 9.17) is 9.72 Å². The van der Waals surface area contributed by atoms with Crippen molar-refractivity contribution >= 4 is 11.7 Å². The van der Waals surface area contributed by atoms with Gasteiger partial charge in [-0.15, -0.1) is 0 Å². The first kappa shape index (κ1) is 28.2. The van der Waals surface area contributed by atoms with Gasteiger partial charge >= 0.3 is 5.97 Å². The number of hydrogen-bond donors (Lipinski definition) is 1. The fourth-order valence-corrected chi connectivity index (χ4v) is 5.17. The van der Waals surface area contributed by atoms with E-state index in [0.717, 1.165) is 60.6 Å². The fourth-order valence-electron chi connectivity index (χ4n) is 5.17. The van der Waals surface area contributed by atoms with Crippen molar-refractivity contribution < 1.29 is 14.6 Å². The second kappa shape index (κ2) is 11.3. The summed E-state index contributed by atoms with van der Waals surface area (Å²) in [6.07, 6.45) is 5.76. The van der Waals surface area contributed by atoms with Gasteiger partial charge in [-0.3, -0.25) is 4.98 Å². The molecule has 1 N–H and O–H groups in total. The molecule has 2 heterocycles. The molecule has 0 amide bonds.